The van der Waals surface area contributed by atoms with E-state index >= 15 is 0 Å². The van der Waals surface area contributed by atoms with Gasteiger partial charge in [0.25, 0.3) is 0 Å². The second-order valence-corrected chi connectivity index (χ2v) is 10.3. The fourth-order valence-corrected chi connectivity index (χ4v) is 5.73. The number of hydrogen-bond acceptors (Lipinski definition) is 6. The highest BCUT2D eigenvalue weighted by Crippen LogP contribution is 2.37. The molecule has 0 fully saturated rings. The third-order valence-corrected chi connectivity index (χ3v) is 7.75. The fourth-order valence-electron chi connectivity index (χ4n) is 3.23. The van der Waals surface area contributed by atoms with Crippen LogP contribution in [0.3, 0.4) is 0 Å². The van der Waals surface area contributed by atoms with E-state index in [1.165, 1.54) is 23.5 Å². The van der Waals surface area contributed by atoms with Crippen molar-refractivity contribution in [2.75, 3.05) is 17.6 Å². The van der Waals surface area contributed by atoms with E-state index in [1.807, 2.05) is 0 Å². The average Bonchev–Trinajstić information content (AvgIpc) is 3.03. The zero-order chi connectivity index (χ0) is 20.3. The van der Waals surface area contributed by atoms with Gasteiger partial charge in [0.05, 0.1) is 16.2 Å². The Morgan fingerprint density at radius 3 is 2.62 bits per heavy atom. The highest BCUT2D eigenvalue weighted by molar-refractivity contribution is 7.91. The first-order valence-corrected chi connectivity index (χ1v) is 11.6. The van der Waals surface area contributed by atoms with Crippen molar-refractivity contribution in [3.8, 4) is 6.07 Å². The maximum atomic E-state index is 12.4. The Balaban J connectivity index is 0.00000300. The fraction of sp³-hybridized carbons (Fsp3) is 0.400. The number of nitriles is 1. The van der Waals surface area contributed by atoms with Crippen LogP contribution >= 0.6 is 11.3 Å². The number of sulfone groups is 1. The molecule has 3 rings (SSSR count). The van der Waals surface area contributed by atoms with Crippen LogP contribution in [0.15, 0.2) is 35.2 Å². The molecule has 1 aromatic carbocycles. The van der Waals surface area contributed by atoms with Gasteiger partial charge in [0, 0.05) is 30.4 Å². The van der Waals surface area contributed by atoms with Gasteiger partial charge in [-0.2, -0.15) is 5.26 Å². The first-order chi connectivity index (χ1) is 13.3. The van der Waals surface area contributed by atoms with Crippen molar-refractivity contribution < 1.29 is 25.6 Å². The third kappa shape index (κ3) is 5.37. The van der Waals surface area contributed by atoms with Crippen molar-refractivity contribution in [2.45, 2.75) is 44.2 Å². The molecule has 0 atom stereocenters. The van der Waals surface area contributed by atoms with Crippen LogP contribution in [0.1, 0.15) is 36.3 Å². The molecule has 1 N–H and O–H groups in total. The van der Waals surface area contributed by atoms with Crippen LogP contribution in [0.4, 0.5) is 5.00 Å². The quantitative estimate of drug-likeness (QED) is 0.675. The van der Waals surface area contributed by atoms with E-state index in [-0.39, 0.29) is 29.5 Å². The van der Waals surface area contributed by atoms with Crippen molar-refractivity contribution in [1.29, 1.82) is 5.26 Å². The number of fused-ring (bicyclic) bond motifs is 1. The molecule has 0 bridgehead atoms. The summed E-state index contributed by atoms with van der Waals surface area (Å²) in [5.41, 5.74) is 1.53. The molecule has 6 nitrogen and oxygen atoms in total. The van der Waals surface area contributed by atoms with E-state index in [2.05, 4.69) is 30.1 Å². The highest BCUT2D eigenvalue weighted by atomic mass is 35.5. The molecule has 1 amide bonds. The van der Waals surface area contributed by atoms with Crippen molar-refractivity contribution in [1.82, 2.24) is 4.90 Å². The minimum Gasteiger partial charge on any atom is -1.00 e. The van der Waals surface area contributed by atoms with E-state index in [0.717, 1.165) is 30.0 Å². The molecule has 1 aromatic heterocycles. The van der Waals surface area contributed by atoms with Crippen molar-refractivity contribution in [2.24, 2.45) is 0 Å². The summed E-state index contributed by atoms with van der Waals surface area (Å²) in [6.07, 6.45) is 0.633. The predicted molar refractivity (Wildman–Crippen MR) is 110 cm³/mol. The summed E-state index contributed by atoms with van der Waals surface area (Å²) >= 11 is 1.42. The minimum atomic E-state index is -3.51. The summed E-state index contributed by atoms with van der Waals surface area (Å²) in [6.45, 7) is 5.93. The summed E-state index contributed by atoms with van der Waals surface area (Å²) in [5, 5.41) is 12.8. The average molecular weight is 453 g/mol. The molecule has 1 aliphatic rings. The lowest BCUT2D eigenvalue weighted by molar-refractivity contribution is -0.115. The Morgan fingerprint density at radius 1 is 1.31 bits per heavy atom. The monoisotopic (exact) mass is 452 g/mol. The summed E-state index contributed by atoms with van der Waals surface area (Å²) in [4.78, 5) is 16.0. The highest BCUT2D eigenvalue weighted by Gasteiger charge is 2.26. The van der Waals surface area contributed by atoms with Gasteiger partial charge in [0.1, 0.15) is 11.1 Å². The maximum Gasteiger partial charge on any atom is 0.226 e. The molecular weight excluding hydrogens is 430 g/mol. The van der Waals surface area contributed by atoms with E-state index in [0.29, 0.717) is 16.6 Å². The predicted octanol–water partition coefficient (Wildman–Crippen LogP) is 0.193. The molecule has 0 saturated heterocycles. The molecule has 29 heavy (non-hydrogen) atoms. The number of rotatable bonds is 6. The van der Waals surface area contributed by atoms with Crippen molar-refractivity contribution >= 4 is 32.1 Å². The number of thiophene rings is 1. The zero-order valence-electron chi connectivity index (χ0n) is 16.3. The van der Waals surface area contributed by atoms with E-state index in [1.54, 1.807) is 18.2 Å². The Labute approximate surface area is 181 Å². The molecule has 0 saturated carbocycles. The number of nitrogens with zero attached hydrogens (tertiary/aromatic N) is 2. The third-order valence-electron chi connectivity index (χ3n) is 4.88. The molecule has 0 unspecified atom stereocenters. The van der Waals surface area contributed by atoms with Crippen molar-refractivity contribution in [3.05, 3.63) is 46.3 Å². The van der Waals surface area contributed by atoms with Crippen LogP contribution in [0, 0.1) is 11.3 Å². The molecular formula is C20H23ClN3O3S2-. The second-order valence-electron chi connectivity index (χ2n) is 7.06. The molecule has 2 aromatic rings. The van der Waals surface area contributed by atoms with Crippen molar-refractivity contribution in [3.63, 3.8) is 0 Å². The van der Waals surface area contributed by atoms with Gasteiger partial charge >= 0.3 is 0 Å². The van der Waals surface area contributed by atoms with E-state index in [9.17, 15) is 18.5 Å². The number of halogens is 1. The summed E-state index contributed by atoms with van der Waals surface area (Å²) in [5.74, 6) is -0.660. The van der Waals surface area contributed by atoms with Crippen LogP contribution in [0.5, 0.6) is 0 Å². The Morgan fingerprint density at radius 2 is 2.00 bits per heavy atom. The largest absolute Gasteiger partial charge is 1.00 e. The number of carbonyl (C=O) groups excluding carboxylic acids is 1. The van der Waals surface area contributed by atoms with Gasteiger partial charge in [-0.25, -0.2) is 8.42 Å². The molecule has 0 spiro atoms. The Bertz CT molecular complexity index is 1010. The summed E-state index contributed by atoms with van der Waals surface area (Å²) in [6, 6.07) is 10.7. The lowest BCUT2D eigenvalue weighted by Gasteiger charge is -2.30. The van der Waals surface area contributed by atoms with Gasteiger partial charge in [-0.05, 0) is 38.0 Å². The Hall–Kier alpha value is -1.92. The minimum absolute atomic E-state index is 0. The van der Waals surface area contributed by atoms with Crippen LogP contribution in [-0.2, 0) is 27.6 Å². The van der Waals surface area contributed by atoms with E-state index in [4.69, 9.17) is 0 Å². The van der Waals surface area contributed by atoms with E-state index < -0.39 is 15.7 Å². The lowest BCUT2D eigenvalue weighted by atomic mass is 10.0. The van der Waals surface area contributed by atoms with Crippen LogP contribution < -0.4 is 17.7 Å². The number of nitrogens with one attached hydrogen (secondary N) is 1. The lowest BCUT2D eigenvalue weighted by Crippen LogP contribution is -3.00. The molecule has 9 heteroatoms. The number of benzene rings is 1. The number of carbonyl (C=O) groups is 1. The van der Waals surface area contributed by atoms with Gasteiger partial charge in [-0.15, -0.1) is 11.3 Å². The van der Waals surface area contributed by atoms with Crippen LogP contribution in [-0.4, -0.2) is 37.6 Å². The topological polar surface area (TPSA) is 90.3 Å². The van der Waals surface area contributed by atoms with Gasteiger partial charge in [-0.3, -0.25) is 9.69 Å². The smallest absolute Gasteiger partial charge is 0.226 e. The number of amides is 1. The SMILES string of the molecule is CC(C)N1CCc2c(sc(NC(=O)CCS(=O)(=O)c3ccccc3)c2C#N)C1.[Cl-]. The zero-order valence-corrected chi connectivity index (χ0v) is 18.7. The van der Waals surface area contributed by atoms with Gasteiger partial charge in [0.15, 0.2) is 9.84 Å². The van der Waals surface area contributed by atoms with Crippen LogP contribution in [0.2, 0.25) is 0 Å². The first-order valence-electron chi connectivity index (χ1n) is 9.18. The maximum absolute atomic E-state index is 12.4. The number of anilines is 1. The van der Waals surface area contributed by atoms with Crippen LogP contribution in [0.25, 0.3) is 0 Å². The Kier molecular flexibility index (Phi) is 7.83. The molecule has 2 heterocycles. The summed E-state index contributed by atoms with van der Waals surface area (Å²) in [7, 11) is -3.51. The molecule has 1 aliphatic heterocycles. The first kappa shape index (κ1) is 23.4. The summed E-state index contributed by atoms with van der Waals surface area (Å²) < 4.78 is 24.7. The normalized spacial score (nSPS) is 14.0. The standard InChI is InChI=1S/C20H23N3O3S2.ClH/c1-14(2)23-10-8-16-17(12-21)20(27-18(16)13-23)22-19(24)9-11-28(25,26)15-6-4-3-5-7-15;/h3-7,14H,8-11,13H2,1-2H3,(H,22,24);1H/p-1. The van der Waals surface area contributed by atoms with Gasteiger partial charge < -0.3 is 17.7 Å². The number of hydrogen-bond donors (Lipinski definition) is 1. The molecule has 156 valence electrons. The van der Waals surface area contributed by atoms with Gasteiger partial charge in [-0.1, -0.05) is 18.2 Å². The van der Waals surface area contributed by atoms with Gasteiger partial charge in [0.2, 0.25) is 5.91 Å². The molecule has 0 radical (unpaired) electrons. The second kappa shape index (κ2) is 9.72. The molecule has 0 aliphatic carbocycles.